The van der Waals surface area contributed by atoms with E-state index in [-0.39, 0.29) is 22.3 Å². The second kappa shape index (κ2) is 8.46. The van der Waals surface area contributed by atoms with Crippen LogP contribution < -0.4 is 10.1 Å². The fourth-order valence-electron chi connectivity index (χ4n) is 2.48. The normalized spacial score (nSPS) is 12.0. The van der Waals surface area contributed by atoms with E-state index in [1.54, 1.807) is 0 Å². The number of alkyl halides is 6. The van der Waals surface area contributed by atoms with E-state index in [4.69, 9.17) is 11.6 Å². The van der Waals surface area contributed by atoms with Crippen LogP contribution in [0.25, 0.3) is 5.69 Å². The van der Waals surface area contributed by atoms with Crippen LogP contribution in [-0.4, -0.2) is 33.5 Å². The van der Waals surface area contributed by atoms with Crippen molar-refractivity contribution in [3.05, 3.63) is 65.1 Å². The highest BCUT2D eigenvalue weighted by Crippen LogP contribution is 2.34. The molecular weight excluding hydrogens is 454 g/mol. The standard InChI is InChI=1S/C18H11ClF6N4O2/c19-10-2-1-3-12(6-10)29-15(18(23,24)25)13(8-27-29)16(30)28-11-4-5-14(26-7-11)31-9-17(20,21)22/h1-8H,9H2,(H,28,30). The highest BCUT2D eigenvalue weighted by Gasteiger charge is 2.40. The maximum absolute atomic E-state index is 13.7. The third kappa shape index (κ3) is 5.66. The monoisotopic (exact) mass is 464 g/mol. The molecule has 0 fully saturated rings. The molecule has 0 aliphatic heterocycles. The molecule has 0 unspecified atom stereocenters. The lowest BCUT2D eigenvalue weighted by Gasteiger charge is -2.13. The first-order valence-corrected chi connectivity index (χ1v) is 8.70. The third-order valence-corrected chi connectivity index (χ3v) is 3.95. The minimum Gasteiger partial charge on any atom is -0.468 e. The summed E-state index contributed by atoms with van der Waals surface area (Å²) >= 11 is 5.82. The van der Waals surface area contributed by atoms with Crippen LogP contribution >= 0.6 is 11.6 Å². The van der Waals surface area contributed by atoms with Gasteiger partial charge in [0, 0.05) is 11.1 Å². The Bertz CT molecular complexity index is 1080. The maximum atomic E-state index is 13.7. The van der Waals surface area contributed by atoms with Gasteiger partial charge in [-0.15, -0.1) is 0 Å². The summed E-state index contributed by atoms with van der Waals surface area (Å²) in [5.41, 5.74) is -2.17. The zero-order valence-electron chi connectivity index (χ0n) is 15.1. The molecule has 31 heavy (non-hydrogen) atoms. The Morgan fingerprint density at radius 1 is 1.10 bits per heavy atom. The molecule has 164 valence electrons. The number of hydrogen-bond donors (Lipinski definition) is 1. The summed E-state index contributed by atoms with van der Waals surface area (Å²) in [6, 6.07) is 7.62. The Hall–Kier alpha value is -3.28. The van der Waals surface area contributed by atoms with Gasteiger partial charge in [-0.05, 0) is 24.3 Å². The SMILES string of the molecule is O=C(Nc1ccc(OCC(F)(F)F)nc1)c1cnn(-c2cccc(Cl)c2)c1C(F)(F)F. The van der Waals surface area contributed by atoms with E-state index in [1.165, 1.54) is 24.3 Å². The summed E-state index contributed by atoms with van der Waals surface area (Å²) < 4.78 is 82.4. The molecule has 0 radical (unpaired) electrons. The molecule has 0 bridgehead atoms. The number of hydrogen-bond acceptors (Lipinski definition) is 4. The van der Waals surface area contributed by atoms with Crippen LogP contribution in [0.3, 0.4) is 0 Å². The second-order valence-corrected chi connectivity index (χ2v) is 6.48. The fourth-order valence-corrected chi connectivity index (χ4v) is 2.67. The van der Waals surface area contributed by atoms with E-state index in [0.29, 0.717) is 4.68 Å². The van der Waals surface area contributed by atoms with Crippen molar-refractivity contribution in [2.24, 2.45) is 0 Å². The van der Waals surface area contributed by atoms with E-state index >= 15 is 0 Å². The molecular formula is C18H11ClF6N4O2. The lowest BCUT2D eigenvalue weighted by Crippen LogP contribution is -2.21. The average Bonchev–Trinajstić information content (AvgIpc) is 3.13. The molecule has 3 aromatic rings. The number of nitrogens with one attached hydrogen (secondary N) is 1. The topological polar surface area (TPSA) is 69.0 Å². The molecule has 0 aliphatic rings. The van der Waals surface area contributed by atoms with Gasteiger partial charge in [0.25, 0.3) is 5.91 Å². The van der Waals surface area contributed by atoms with Crippen LogP contribution in [0.1, 0.15) is 16.1 Å². The molecule has 0 spiro atoms. The fraction of sp³-hybridized carbons (Fsp3) is 0.167. The van der Waals surface area contributed by atoms with Crippen molar-refractivity contribution >= 4 is 23.2 Å². The number of carbonyl (C=O) groups excluding carboxylic acids is 1. The highest BCUT2D eigenvalue weighted by atomic mass is 35.5. The number of amides is 1. The van der Waals surface area contributed by atoms with E-state index in [0.717, 1.165) is 24.5 Å². The highest BCUT2D eigenvalue weighted by molar-refractivity contribution is 6.30. The summed E-state index contributed by atoms with van der Waals surface area (Å²) in [6.45, 7) is -1.57. The van der Waals surface area contributed by atoms with Gasteiger partial charge in [0.1, 0.15) is 0 Å². The van der Waals surface area contributed by atoms with Crippen molar-refractivity contribution in [3.63, 3.8) is 0 Å². The number of ether oxygens (including phenoxy) is 1. The van der Waals surface area contributed by atoms with Gasteiger partial charge < -0.3 is 10.1 Å². The predicted molar refractivity (Wildman–Crippen MR) is 97.3 cm³/mol. The van der Waals surface area contributed by atoms with Gasteiger partial charge in [0.05, 0.1) is 29.3 Å². The van der Waals surface area contributed by atoms with Gasteiger partial charge in [0.15, 0.2) is 12.3 Å². The van der Waals surface area contributed by atoms with Crippen molar-refractivity contribution in [1.82, 2.24) is 14.8 Å². The van der Waals surface area contributed by atoms with Crippen molar-refractivity contribution < 1.29 is 35.9 Å². The lowest BCUT2D eigenvalue weighted by atomic mass is 10.2. The Balaban J connectivity index is 1.84. The summed E-state index contributed by atoms with van der Waals surface area (Å²) in [6.07, 6.45) is -7.81. The quantitative estimate of drug-likeness (QED) is 0.531. The third-order valence-electron chi connectivity index (χ3n) is 3.71. The molecule has 1 amide bonds. The van der Waals surface area contributed by atoms with Gasteiger partial charge in [-0.3, -0.25) is 4.79 Å². The number of pyridine rings is 1. The van der Waals surface area contributed by atoms with E-state index in [9.17, 15) is 31.1 Å². The zero-order valence-corrected chi connectivity index (χ0v) is 15.9. The van der Waals surface area contributed by atoms with Crippen LogP contribution in [0.5, 0.6) is 5.88 Å². The number of benzene rings is 1. The Morgan fingerprint density at radius 2 is 1.84 bits per heavy atom. The number of aromatic nitrogens is 3. The van der Waals surface area contributed by atoms with Gasteiger partial charge in [0.2, 0.25) is 5.88 Å². The van der Waals surface area contributed by atoms with Gasteiger partial charge in [-0.2, -0.15) is 31.4 Å². The van der Waals surface area contributed by atoms with Crippen molar-refractivity contribution in [2.75, 3.05) is 11.9 Å². The molecule has 2 heterocycles. The summed E-state index contributed by atoms with van der Waals surface area (Å²) in [5.74, 6) is -1.52. The Morgan fingerprint density at radius 3 is 2.42 bits per heavy atom. The number of rotatable bonds is 5. The molecule has 0 saturated heterocycles. The van der Waals surface area contributed by atoms with Crippen LogP contribution in [0.4, 0.5) is 32.0 Å². The number of carbonyl (C=O) groups is 1. The van der Waals surface area contributed by atoms with Crippen molar-refractivity contribution in [1.29, 1.82) is 0 Å². The van der Waals surface area contributed by atoms with Crippen LogP contribution in [0.15, 0.2) is 48.8 Å². The number of halogens is 7. The van der Waals surface area contributed by atoms with Crippen LogP contribution in [-0.2, 0) is 6.18 Å². The number of anilines is 1. The lowest BCUT2D eigenvalue weighted by molar-refractivity contribution is -0.154. The van der Waals surface area contributed by atoms with Gasteiger partial charge >= 0.3 is 12.4 Å². The largest absolute Gasteiger partial charge is 0.468 e. The molecule has 6 nitrogen and oxygen atoms in total. The second-order valence-electron chi connectivity index (χ2n) is 6.04. The first-order valence-electron chi connectivity index (χ1n) is 8.32. The molecule has 3 rings (SSSR count). The number of nitrogens with zero attached hydrogens (tertiary/aromatic N) is 3. The maximum Gasteiger partial charge on any atom is 0.434 e. The van der Waals surface area contributed by atoms with E-state index in [2.05, 4.69) is 20.1 Å². The summed E-state index contributed by atoms with van der Waals surface area (Å²) in [7, 11) is 0. The van der Waals surface area contributed by atoms with Gasteiger partial charge in [-0.1, -0.05) is 17.7 Å². The van der Waals surface area contributed by atoms with Crippen LogP contribution in [0, 0.1) is 0 Å². The minimum absolute atomic E-state index is 0.00768. The molecule has 13 heteroatoms. The smallest absolute Gasteiger partial charge is 0.434 e. The Labute approximate surface area is 175 Å². The summed E-state index contributed by atoms with van der Waals surface area (Å²) in [4.78, 5) is 16.0. The average molecular weight is 465 g/mol. The molecule has 0 aliphatic carbocycles. The van der Waals surface area contributed by atoms with Crippen LogP contribution in [0.2, 0.25) is 5.02 Å². The molecule has 2 aromatic heterocycles. The first-order chi connectivity index (χ1) is 14.4. The van der Waals surface area contributed by atoms with E-state index in [1.807, 2.05) is 0 Å². The molecule has 1 N–H and O–H groups in total. The van der Waals surface area contributed by atoms with Crippen molar-refractivity contribution in [3.8, 4) is 11.6 Å². The molecule has 1 aromatic carbocycles. The summed E-state index contributed by atoms with van der Waals surface area (Å²) in [5, 5.41) is 6.01. The van der Waals surface area contributed by atoms with Gasteiger partial charge in [-0.25, -0.2) is 9.67 Å². The minimum atomic E-state index is -4.93. The first kappa shape index (κ1) is 22.4. The zero-order chi connectivity index (χ0) is 22.8. The van der Waals surface area contributed by atoms with Crippen molar-refractivity contribution in [2.45, 2.75) is 12.4 Å². The molecule has 0 saturated carbocycles. The Kier molecular flexibility index (Phi) is 6.11. The van der Waals surface area contributed by atoms with E-state index < -0.39 is 36.1 Å². The molecule has 0 atom stereocenters. The predicted octanol–water partition coefficient (Wildman–Crippen LogP) is 5.13.